The zero-order chi connectivity index (χ0) is 10.1. The molecule has 0 spiro atoms. The molecule has 3 nitrogen and oxygen atoms in total. The van der Waals surface area contributed by atoms with Crippen molar-refractivity contribution in [3.63, 3.8) is 0 Å². The Morgan fingerprint density at radius 1 is 1.57 bits per heavy atom. The van der Waals surface area contributed by atoms with Crippen LogP contribution in [0.5, 0.6) is 0 Å². The number of rotatable bonds is 2. The minimum atomic E-state index is 0.0445. The highest BCUT2D eigenvalue weighted by molar-refractivity contribution is 7.12. The summed E-state index contributed by atoms with van der Waals surface area (Å²) in [5, 5.41) is 6.04. The lowest BCUT2D eigenvalue weighted by atomic mass is 10.2. The molecule has 0 aliphatic rings. The standard InChI is InChI=1S/C10H10N2OS/c1-7-6-8(12(2)11-7)10(13)9-4-3-5-14-9/h3-6H,1-2H3. The predicted molar refractivity (Wildman–Crippen MR) is 55.7 cm³/mol. The summed E-state index contributed by atoms with van der Waals surface area (Å²) in [4.78, 5) is 12.6. The average Bonchev–Trinajstić information content (AvgIpc) is 2.73. The molecule has 0 saturated carbocycles. The Bertz CT molecular complexity index is 456. The number of aryl methyl sites for hydroxylation is 2. The van der Waals surface area contributed by atoms with Crippen LogP contribution in [0.4, 0.5) is 0 Å². The average molecular weight is 206 g/mol. The van der Waals surface area contributed by atoms with Gasteiger partial charge in [-0.2, -0.15) is 5.10 Å². The van der Waals surface area contributed by atoms with E-state index in [1.54, 1.807) is 11.7 Å². The van der Waals surface area contributed by atoms with E-state index in [1.165, 1.54) is 11.3 Å². The monoisotopic (exact) mass is 206 g/mol. The van der Waals surface area contributed by atoms with E-state index in [0.717, 1.165) is 10.6 Å². The zero-order valence-corrected chi connectivity index (χ0v) is 8.84. The van der Waals surface area contributed by atoms with Crippen LogP contribution in [0.3, 0.4) is 0 Å². The molecule has 2 aromatic rings. The van der Waals surface area contributed by atoms with Crippen molar-refractivity contribution in [3.05, 3.63) is 39.8 Å². The second-order valence-corrected chi connectivity index (χ2v) is 4.05. The number of carbonyl (C=O) groups excluding carboxylic acids is 1. The van der Waals surface area contributed by atoms with Gasteiger partial charge in [0.05, 0.1) is 10.6 Å². The number of ketones is 1. The van der Waals surface area contributed by atoms with Crippen molar-refractivity contribution in [1.29, 1.82) is 0 Å². The van der Waals surface area contributed by atoms with E-state index in [9.17, 15) is 4.79 Å². The second kappa shape index (κ2) is 3.38. The molecule has 0 amide bonds. The van der Waals surface area contributed by atoms with E-state index in [2.05, 4.69) is 5.10 Å². The minimum absolute atomic E-state index is 0.0445. The van der Waals surface area contributed by atoms with Crippen molar-refractivity contribution in [2.75, 3.05) is 0 Å². The molecule has 0 bridgehead atoms. The maximum Gasteiger partial charge on any atom is 0.220 e. The molecule has 0 aromatic carbocycles. The molecule has 0 atom stereocenters. The Hall–Kier alpha value is -1.42. The van der Waals surface area contributed by atoms with Gasteiger partial charge in [-0.15, -0.1) is 11.3 Å². The molecule has 2 rings (SSSR count). The maximum atomic E-state index is 11.9. The summed E-state index contributed by atoms with van der Waals surface area (Å²) in [7, 11) is 1.79. The molecule has 4 heteroatoms. The zero-order valence-electron chi connectivity index (χ0n) is 8.02. The fourth-order valence-electron chi connectivity index (χ4n) is 1.36. The Labute approximate surface area is 86.0 Å². The normalized spacial score (nSPS) is 10.4. The lowest BCUT2D eigenvalue weighted by molar-refractivity contribution is 0.103. The SMILES string of the molecule is Cc1cc(C(=O)c2cccs2)n(C)n1. The summed E-state index contributed by atoms with van der Waals surface area (Å²) in [6, 6.07) is 5.51. The second-order valence-electron chi connectivity index (χ2n) is 3.10. The summed E-state index contributed by atoms with van der Waals surface area (Å²) >= 11 is 1.45. The number of aromatic nitrogens is 2. The van der Waals surface area contributed by atoms with E-state index >= 15 is 0 Å². The molecule has 14 heavy (non-hydrogen) atoms. The molecule has 0 saturated heterocycles. The number of thiophene rings is 1. The van der Waals surface area contributed by atoms with Crippen LogP contribution < -0.4 is 0 Å². The highest BCUT2D eigenvalue weighted by atomic mass is 32.1. The first-order chi connectivity index (χ1) is 6.68. The van der Waals surface area contributed by atoms with Crippen LogP contribution in [0.15, 0.2) is 23.6 Å². The van der Waals surface area contributed by atoms with Crippen molar-refractivity contribution < 1.29 is 4.79 Å². The fraction of sp³-hybridized carbons (Fsp3) is 0.200. The van der Waals surface area contributed by atoms with Gasteiger partial charge < -0.3 is 0 Å². The Kier molecular flexibility index (Phi) is 2.21. The van der Waals surface area contributed by atoms with Crippen LogP contribution in [-0.4, -0.2) is 15.6 Å². The maximum absolute atomic E-state index is 11.9. The number of hydrogen-bond donors (Lipinski definition) is 0. The number of carbonyl (C=O) groups is 1. The van der Waals surface area contributed by atoms with Gasteiger partial charge in [-0.25, -0.2) is 0 Å². The lowest BCUT2D eigenvalue weighted by Crippen LogP contribution is -2.06. The van der Waals surface area contributed by atoms with E-state index in [-0.39, 0.29) is 5.78 Å². The summed E-state index contributed by atoms with van der Waals surface area (Å²) in [6.07, 6.45) is 0. The molecule has 72 valence electrons. The summed E-state index contributed by atoms with van der Waals surface area (Å²) in [5.74, 6) is 0.0445. The highest BCUT2D eigenvalue weighted by Gasteiger charge is 2.14. The Morgan fingerprint density at radius 2 is 2.36 bits per heavy atom. The molecule has 0 radical (unpaired) electrons. The van der Waals surface area contributed by atoms with Gasteiger partial charge in [0.2, 0.25) is 5.78 Å². The van der Waals surface area contributed by atoms with Crippen LogP contribution in [0.1, 0.15) is 21.1 Å². The van der Waals surface area contributed by atoms with Gasteiger partial charge in [-0.05, 0) is 24.4 Å². The lowest BCUT2D eigenvalue weighted by Gasteiger charge is -1.97. The van der Waals surface area contributed by atoms with Gasteiger partial charge in [0.1, 0.15) is 5.69 Å². The van der Waals surface area contributed by atoms with Crippen LogP contribution in [0.25, 0.3) is 0 Å². The topological polar surface area (TPSA) is 34.9 Å². The molecular formula is C10H10N2OS. The van der Waals surface area contributed by atoms with Gasteiger partial charge in [-0.3, -0.25) is 9.48 Å². The third kappa shape index (κ3) is 1.48. The summed E-state index contributed by atoms with van der Waals surface area (Å²) in [6.45, 7) is 1.88. The van der Waals surface area contributed by atoms with E-state index in [0.29, 0.717) is 5.69 Å². The first-order valence-corrected chi connectivity index (χ1v) is 5.15. The largest absolute Gasteiger partial charge is 0.286 e. The molecule has 0 fully saturated rings. The molecule has 0 unspecified atom stereocenters. The number of hydrogen-bond acceptors (Lipinski definition) is 3. The van der Waals surface area contributed by atoms with Crippen molar-refractivity contribution in [2.24, 2.45) is 7.05 Å². The van der Waals surface area contributed by atoms with Crippen LogP contribution >= 0.6 is 11.3 Å². The van der Waals surface area contributed by atoms with Gasteiger partial charge in [0.15, 0.2) is 0 Å². The number of nitrogens with zero attached hydrogens (tertiary/aromatic N) is 2. The molecular weight excluding hydrogens is 196 g/mol. The fourth-order valence-corrected chi connectivity index (χ4v) is 2.03. The quantitative estimate of drug-likeness (QED) is 0.705. The smallest absolute Gasteiger partial charge is 0.220 e. The summed E-state index contributed by atoms with van der Waals surface area (Å²) in [5.41, 5.74) is 1.51. The molecule has 0 aliphatic heterocycles. The third-order valence-electron chi connectivity index (χ3n) is 1.98. The van der Waals surface area contributed by atoms with Gasteiger partial charge >= 0.3 is 0 Å². The van der Waals surface area contributed by atoms with Crippen molar-refractivity contribution in [3.8, 4) is 0 Å². The van der Waals surface area contributed by atoms with Crippen LogP contribution in [0.2, 0.25) is 0 Å². The molecule has 2 aromatic heterocycles. The first-order valence-electron chi connectivity index (χ1n) is 4.27. The molecule has 2 heterocycles. The highest BCUT2D eigenvalue weighted by Crippen LogP contribution is 2.15. The van der Waals surface area contributed by atoms with Gasteiger partial charge in [0, 0.05) is 7.05 Å². The van der Waals surface area contributed by atoms with E-state index in [1.807, 2.05) is 30.5 Å². The third-order valence-corrected chi connectivity index (χ3v) is 2.85. The minimum Gasteiger partial charge on any atom is -0.286 e. The van der Waals surface area contributed by atoms with Crippen molar-refractivity contribution in [2.45, 2.75) is 6.92 Å². The Morgan fingerprint density at radius 3 is 2.86 bits per heavy atom. The van der Waals surface area contributed by atoms with Gasteiger partial charge in [0.25, 0.3) is 0 Å². The van der Waals surface area contributed by atoms with E-state index in [4.69, 9.17) is 0 Å². The van der Waals surface area contributed by atoms with Gasteiger partial charge in [-0.1, -0.05) is 6.07 Å². The van der Waals surface area contributed by atoms with Crippen LogP contribution in [-0.2, 0) is 7.05 Å². The summed E-state index contributed by atoms with van der Waals surface area (Å²) < 4.78 is 1.62. The molecule has 0 aliphatic carbocycles. The van der Waals surface area contributed by atoms with Crippen molar-refractivity contribution >= 4 is 17.1 Å². The predicted octanol–water partition coefficient (Wildman–Crippen LogP) is 2.02. The van der Waals surface area contributed by atoms with E-state index < -0.39 is 0 Å². The van der Waals surface area contributed by atoms with Crippen molar-refractivity contribution in [1.82, 2.24) is 9.78 Å². The van der Waals surface area contributed by atoms with Crippen LogP contribution in [0, 0.1) is 6.92 Å². The Balaban J connectivity index is 2.41. The first kappa shape index (κ1) is 9.15. The molecule has 0 N–H and O–H groups in total.